The van der Waals surface area contributed by atoms with Crippen LogP contribution in [0.5, 0.6) is 5.75 Å². The molecule has 10 nitrogen and oxygen atoms in total. The van der Waals surface area contributed by atoms with Gasteiger partial charge < -0.3 is 34.7 Å². The van der Waals surface area contributed by atoms with E-state index in [2.05, 4.69) is 10.2 Å². The molecule has 2 aromatic rings. The smallest absolute Gasteiger partial charge is 0.354 e. The molecule has 2 amide bonds. The summed E-state index contributed by atoms with van der Waals surface area (Å²) in [6.45, 7) is 3.00. The molecule has 2 aliphatic rings. The van der Waals surface area contributed by atoms with Gasteiger partial charge in [0.15, 0.2) is 0 Å². The van der Waals surface area contributed by atoms with Crippen LogP contribution >= 0.6 is 0 Å². The number of nitrogens with one attached hydrogen (secondary N) is 1. The van der Waals surface area contributed by atoms with Crippen molar-refractivity contribution in [2.24, 2.45) is 0 Å². The second-order valence-electron chi connectivity index (χ2n) is 9.00. The van der Waals surface area contributed by atoms with E-state index in [-0.39, 0.29) is 30.7 Å². The molecule has 4 rings (SSSR count). The molecule has 37 heavy (non-hydrogen) atoms. The van der Waals surface area contributed by atoms with Crippen molar-refractivity contribution >= 4 is 18.1 Å². The highest BCUT2D eigenvalue weighted by atomic mass is 19.1. The van der Waals surface area contributed by atoms with E-state index in [1.165, 1.54) is 36.2 Å². The van der Waals surface area contributed by atoms with Crippen molar-refractivity contribution in [1.29, 1.82) is 0 Å². The van der Waals surface area contributed by atoms with Gasteiger partial charge in [-0.05, 0) is 36.2 Å². The molecular weight excluding hydrogens is 485 g/mol. The maximum Gasteiger partial charge on any atom is 0.354 e. The molecule has 2 aromatic carbocycles. The standard InChI is InChI=1S/C26H30FN3O7/c1-28-24(32)22(5-3-11-31)30-16-19-18(25(30)33)4-2-6-23(19)37-26(34,35)20-14-17(7-8-21(20)27)15-29-9-12-36-13-10-29/h2,4,6-8,11,14,22,34-35H,3,5,9-10,12-13,15-16H2,1H3,(H,28,32). The monoisotopic (exact) mass is 515 g/mol. The van der Waals surface area contributed by atoms with E-state index in [4.69, 9.17) is 9.47 Å². The lowest BCUT2D eigenvalue weighted by atomic mass is 10.1. The van der Waals surface area contributed by atoms with E-state index in [0.29, 0.717) is 50.3 Å². The lowest BCUT2D eigenvalue weighted by Gasteiger charge is -2.28. The number of benzene rings is 2. The third-order valence-electron chi connectivity index (χ3n) is 6.58. The molecular formula is C26H30FN3O7. The molecule has 0 aromatic heterocycles. The molecule has 0 aliphatic carbocycles. The number of aliphatic hydroxyl groups is 2. The molecule has 0 saturated carbocycles. The number of morpholine rings is 1. The zero-order valence-electron chi connectivity index (χ0n) is 20.5. The van der Waals surface area contributed by atoms with Crippen LogP contribution in [0.4, 0.5) is 4.39 Å². The fourth-order valence-corrected chi connectivity index (χ4v) is 4.64. The van der Waals surface area contributed by atoms with E-state index in [1.807, 2.05) is 0 Å². The molecule has 2 heterocycles. The Morgan fingerprint density at radius 3 is 2.73 bits per heavy atom. The Hall–Kier alpha value is -3.38. The predicted molar refractivity (Wildman–Crippen MR) is 129 cm³/mol. The second kappa shape index (κ2) is 11.3. The Balaban J connectivity index is 1.58. The van der Waals surface area contributed by atoms with Crippen LogP contribution in [-0.4, -0.2) is 77.5 Å². The Labute approximate surface area is 213 Å². The van der Waals surface area contributed by atoms with Gasteiger partial charge in [0.1, 0.15) is 23.9 Å². The highest BCUT2D eigenvalue weighted by Crippen LogP contribution is 2.36. The number of nitrogens with zero attached hydrogens (tertiary/aromatic N) is 2. The number of aldehydes is 1. The molecule has 1 atom stereocenters. The van der Waals surface area contributed by atoms with Crippen LogP contribution in [0.3, 0.4) is 0 Å². The summed E-state index contributed by atoms with van der Waals surface area (Å²) in [5.74, 6) is -4.82. The molecule has 1 unspecified atom stereocenters. The van der Waals surface area contributed by atoms with Crippen molar-refractivity contribution in [2.75, 3.05) is 33.4 Å². The number of carbonyl (C=O) groups excluding carboxylic acids is 3. The molecule has 1 saturated heterocycles. The SMILES string of the molecule is CNC(=O)C(CCC=O)N1Cc2c(OC(O)(O)c3cc(CN4CCOCC4)ccc3F)cccc2C1=O. The van der Waals surface area contributed by atoms with Crippen molar-refractivity contribution in [3.63, 3.8) is 0 Å². The number of carbonyl (C=O) groups is 3. The third kappa shape index (κ3) is 5.80. The summed E-state index contributed by atoms with van der Waals surface area (Å²) in [6, 6.07) is 7.63. The molecule has 0 radical (unpaired) electrons. The first-order chi connectivity index (χ1) is 17.7. The summed E-state index contributed by atoms with van der Waals surface area (Å²) >= 11 is 0. The van der Waals surface area contributed by atoms with E-state index in [0.717, 1.165) is 6.07 Å². The Morgan fingerprint density at radius 2 is 2.03 bits per heavy atom. The summed E-state index contributed by atoms with van der Waals surface area (Å²) in [7, 11) is 1.44. The molecule has 0 spiro atoms. The Morgan fingerprint density at radius 1 is 1.27 bits per heavy atom. The number of hydrogen-bond acceptors (Lipinski definition) is 8. The highest BCUT2D eigenvalue weighted by molar-refractivity contribution is 6.01. The number of fused-ring (bicyclic) bond motifs is 1. The minimum atomic E-state index is -3.03. The summed E-state index contributed by atoms with van der Waals surface area (Å²) < 4.78 is 25.6. The van der Waals surface area contributed by atoms with Gasteiger partial charge in [0, 0.05) is 44.2 Å². The maximum atomic E-state index is 14.7. The summed E-state index contributed by atoms with van der Waals surface area (Å²) in [5.41, 5.74) is 0.739. The minimum absolute atomic E-state index is 0.0395. The van der Waals surface area contributed by atoms with Crippen molar-refractivity contribution in [1.82, 2.24) is 15.1 Å². The van der Waals surface area contributed by atoms with E-state index >= 15 is 0 Å². The van der Waals surface area contributed by atoms with Crippen LogP contribution in [0.15, 0.2) is 36.4 Å². The lowest BCUT2D eigenvalue weighted by Crippen LogP contribution is -2.46. The number of ether oxygens (including phenoxy) is 2. The molecule has 0 bridgehead atoms. The Bertz CT molecular complexity index is 1170. The van der Waals surface area contributed by atoms with E-state index in [9.17, 15) is 29.0 Å². The average Bonchev–Trinajstić information content (AvgIpc) is 3.22. The zero-order chi connectivity index (χ0) is 26.6. The van der Waals surface area contributed by atoms with Crippen LogP contribution in [0.25, 0.3) is 0 Å². The van der Waals surface area contributed by atoms with Gasteiger partial charge in [-0.1, -0.05) is 12.1 Å². The predicted octanol–water partition coefficient (Wildman–Crippen LogP) is 0.881. The topological polar surface area (TPSA) is 129 Å². The minimum Gasteiger partial charge on any atom is -0.435 e. The molecule has 198 valence electrons. The van der Waals surface area contributed by atoms with Crippen LogP contribution in [0.1, 0.15) is 39.9 Å². The van der Waals surface area contributed by atoms with Crippen molar-refractivity contribution in [3.8, 4) is 5.75 Å². The van der Waals surface area contributed by atoms with Gasteiger partial charge in [0.05, 0.1) is 25.3 Å². The number of hydrogen-bond donors (Lipinski definition) is 3. The molecule has 2 aliphatic heterocycles. The number of rotatable bonds is 10. The van der Waals surface area contributed by atoms with Crippen molar-refractivity contribution < 1.29 is 38.5 Å². The van der Waals surface area contributed by atoms with Gasteiger partial charge >= 0.3 is 5.97 Å². The summed E-state index contributed by atoms with van der Waals surface area (Å²) in [6.07, 6.45) is 0.883. The van der Waals surface area contributed by atoms with Crippen LogP contribution in [0.2, 0.25) is 0 Å². The van der Waals surface area contributed by atoms with Gasteiger partial charge in [-0.25, -0.2) is 4.39 Å². The Kier molecular flexibility index (Phi) is 8.18. The first-order valence-corrected chi connectivity index (χ1v) is 12.1. The zero-order valence-corrected chi connectivity index (χ0v) is 20.5. The normalized spacial score (nSPS) is 16.9. The van der Waals surface area contributed by atoms with E-state index < -0.39 is 35.2 Å². The number of halogens is 1. The first-order valence-electron chi connectivity index (χ1n) is 12.1. The number of likely N-dealkylation sites (N-methyl/N-ethyl adjacent to an activating group) is 1. The van der Waals surface area contributed by atoms with Crippen LogP contribution in [0, 0.1) is 5.82 Å². The molecule has 3 N–H and O–H groups in total. The largest absolute Gasteiger partial charge is 0.435 e. The first kappa shape index (κ1) is 26.7. The highest BCUT2D eigenvalue weighted by Gasteiger charge is 2.40. The molecule has 1 fully saturated rings. The van der Waals surface area contributed by atoms with Crippen molar-refractivity contribution in [2.45, 2.75) is 37.9 Å². The summed E-state index contributed by atoms with van der Waals surface area (Å²) in [5, 5.41) is 24.1. The quantitative estimate of drug-likeness (QED) is 0.314. The molecule has 11 heteroatoms. The van der Waals surface area contributed by atoms with Gasteiger partial charge in [-0.2, -0.15) is 0 Å². The van der Waals surface area contributed by atoms with Gasteiger partial charge in [0.2, 0.25) is 5.91 Å². The fraction of sp³-hybridized carbons (Fsp3) is 0.423. The van der Waals surface area contributed by atoms with Gasteiger partial charge in [0.25, 0.3) is 5.91 Å². The van der Waals surface area contributed by atoms with Gasteiger partial charge in [-0.3, -0.25) is 14.5 Å². The lowest BCUT2D eigenvalue weighted by molar-refractivity contribution is -0.305. The number of amides is 2. The maximum absolute atomic E-state index is 14.7. The van der Waals surface area contributed by atoms with Crippen LogP contribution < -0.4 is 10.1 Å². The second-order valence-corrected chi connectivity index (χ2v) is 9.00. The fourth-order valence-electron chi connectivity index (χ4n) is 4.64. The summed E-state index contributed by atoms with van der Waals surface area (Å²) in [4.78, 5) is 39.8. The average molecular weight is 516 g/mol. The van der Waals surface area contributed by atoms with Crippen molar-refractivity contribution in [3.05, 3.63) is 64.5 Å². The van der Waals surface area contributed by atoms with Gasteiger partial charge in [-0.15, -0.1) is 0 Å². The van der Waals surface area contributed by atoms with E-state index in [1.54, 1.807) is 6.07 Å². The third-order valence-corrected chi connectivity index (χ3v) is 6.58. The van der Waals surface area contributed by atoms with Crippen LogP contribution in [-0.2, 0) is 33.4 Å².